The SMILES string of the molecule is C#CC1CCCC[C@@]12CC2n1cnc(C(=O)N2CC[NH2+]CCC(c3cc(F)cc(F)c3)C2)c1-c1ccccc1. The van der Waals surface area contributed by atoms with Gasteiger partial charge in [0.2, 0.25) is 0 Å². The van der Waals surface area contributed by atoms with Gasteiger partial charge in [-0.05, 0) is 37.0 Å². The molecule has 5 nitrogen and oxygen atoms in total. The number of hydrogen-bond donors (Lipinski definition) is 1. The maximum atomic E-state index is 14.2. The standard InChI is InChI=1S/C32H34F2N4O/c1-2-25-10-6-7-12-32(25)19-28(32)38-21-36-29(30(38)22-8-4-3-5-9-22)31(39)37-15-14-35-13-11-23(20-37)24-16-26(33)18-27(34)17-24/h1,3-5,8-9,16-18,21,23,25,28,35H,6-7,10-15,19-20H2/p+1/t23?,25?,28?,32-/m1/s1. The van der Waals surface area contributed by atoms with E-state index in [9.17, 15) is 13.6 Å². The van der Waals surface area contributed by atoms with Gasteiger partial charge in [0.1, 0.15) is 11.6 Å². The highest BCUT2D eigenvalue weighted by Crippen LogP contribution is 2.67. The molecule has 1 saturated heterocycles. The van der Waals surface area contributed by atoms with E-state index in [0.29, 0.717) is 24.3 Å². The van der Waals surface area contributed by atoms with Crippen molar-refractivity contribution >= 4 is 5.91 Å². The second kappa shape index (κ2) is 10.6. The van der Waals surface area contributed by atoms with Crippen LogP contribution >= 0.6 is 0 Å². The smallest absolute Gasteiger partial charge is 0.274 e. The van der Waals surface area contributed by atoms with E-state index in [1.54, 1.807) is 0 Å². The number of imidazole rings is 1. The number of halogens is 2. The molecule has 2 aliphatic carbocycles. The van der Waals surface area contributed by atoms with Gasteiger partial charge in [0.15, 0.2) is 5.69 Å². The zero-order chi connectivity index (χ0) is 27.0. The number of rotatable bonds is 4. The molecular formula is C32H35F2N4O+. The second-order valence-corrected chi connectivity index (χ2v) is 11.4. The summed E-state index contributed by atoms with van der Waals surface area (Å²) in [6.45, 7) is 2.55. The molecule has 1 spiro atoms. The van der Waals surface area contributed by atoms with Crippen molar-refractivity contribution in [1.29, 1.82) is 0 Å². The second-order valence-electron chi connectivity index (χ2n) is 11.4. The van der Waals surface area contributed by atoms with Crippen LogP contribution < -0.4 is 5.32 Å². The minimum Gasteiger partial charge on any atom is -0.345 e. The number of quaternary nitrogens is 1. The van der Waals surface area contributed by atoms with Crippen molar-refractivity contribution in [3.63, 3.8) is 0 Å². The van der Waals surface area contributed by atoms with Crippen LogP contribution in [0.15, 0.2) is 54.9 Å². The quantitative estimate of drug-likeness (QED) is 0.495. The Morgan fingerprint density at radius 2 is 1.87 bits per heavy atom. The van der Waals surface area contributed by atoms with E-state index in [1.165, 1.54) is 25.0 Å². The third-order valence-electron chi connectivity index (χ3n) is 9.14. The predicted octanol–water partition coefficient (Wildman–Crippen LogP) is 4.78. The summed E-state index contributed by atoms with van der Waals surface area (Å²) in [6.07, 6.45) is 14.1. The van der Waals surface area contributed by atoms with Crippen LogP contribution in [0.1, 0.15) is 66.5 Å². The molecular weight excluding hydrogens is 494 g/mol. The summed E-state index contributed by atoms with van der Waals surface area (Å²) in [6, 6.07) is 13.9. The van der Waals surface area contributed by atoms with E-state index < -0.39 is 11.6 Å². The van der Waals surface area contributed by atoms with Crippen molar-refractivity contribution in [2.45, 2.75) is 50.5 Å². The van der Waals surface area contributed by atoms with Gasteiger partial charge in [-0.25, -0.2) is 13.8 Å². The summed E-state index contributed by atoms with van der Waals surface area (Å²) in [7, 11) is 0. The van der Waals surface area contributed by atoms with E-state index in [0.717, 1.165) is 56.1 Å². The Morgan fingerprint density at radius 3 is 2.64 bits per heavy atom. The minimum atomic E-state index is -0.592. The monoisotopic (exact) mass is 529 g/mol. The number of aromatic nitrogens is 2. The molecule has 1 aliphatic heterocycles. The number of benzene rings is 2. The van der Waals surface area contributed by atoms with Gasteiger partial charge in [-0.2, -0.15) is 0 Å². The molecule has 39 heavy (non-hydrogen) atoms. The molecule has 2 N–H and O–H groups in total. The van der Waals surface area contributed by atoms with Crippen LogP contribution in [0.4, 0.5) is 8.78 Å². The van der Waals surface area contributed by atoms with Crippen LogP contribution in [-0.4, -0.2) is 46.5 Å². The lowest BCUT2D eigenvalue weighted by atomic mass is 9.76. The molecule has 2 saturated carbocycles. The summed E-state index contributed by atoms with van der Waals surface area (Å²) < 4.78 is 30.3. The fourth-order valence-electron chi connectivity index (χ4n) is 7.05. The maximum absolute atomic E-state index is 14.2. The summed E-state index contributed by atoms with van der Waals surface area (Å²) in [5.41, 5.74) is 2.90. The highest BCUT2D eigenvalue weighted by atomic mass is 19.1. The molecule has 3 unspecified atom stereocenters. The van der Waals surface area contributed by atoms with Crippen LogP contribution in [0.25, 0.3) is 11.3 Å². The molecule has 3 aliphatic rings. The molecule has 1 amide bonds. The van der Waals surface area contributed by atoms with Crippen LogP contribution in [0.3, 0.4) is 0 Å². The number of nitrogens with two attached hydrogens (primary N) is 1. The highest BCUT2D eigenvalue weighted by molar-refractivity contribution is 5.98. The largest absolute Gasteiger partial charge is 0.345 e. The Hall–Kier alpha value is -3.50. The zero-order valence-electron chi connectivity index (χ0n) is 22.2. The third-order valence-corrected chi connectivity index (χ3v) is 9.14. The van der Waals surface area contributed by atoms with Crippen molar-refractivity contribution in [3.05, 3.63) is 77.8 Å². The van der Waals surface area contributed by atoms with Crippen LogP contribution in [0.5, 0.6) is 0 Å². The Morgan fingerprint density at radius 1 is 1.08 bits per heavy atom. The molecule has 6 rings (SSSR count). The molecule has 1 aromatic heterocycles. The van der Waals surface area contributed by atoms with Crippen molar-refractivity contribution in [3.8, 4) is 23.6 Å². The van der Waals surface area contributed by atoms with Gasteiger partial charge in [-0.15, -0.1) is 12.3 Å². The van der Waals surface area contributed by atoms with E-state index in [4.69, 9.17) is 11.4 Å². The van der Waals surface area contributed by atoms with Crippen LogP contribution in [0, 0.1) is 35.3 Å². The first-order valence-corrected chi connectivity index (χ1v) is 14.2. The lowest BCUT2D eigenvalue weighted by Gasteiger charge is -2.30. The van der Waals surface area contributed by atoms with Gasteiger partial charge in [0, 0.05) is 47.9 Å². The van der Waals surface area contributed by atoms with Crippen molar-refractivity contribution in [2.24, 2.45) is 11.3 Å². The predicted molar refractivity (Wildman–Crippen MR) is 146 cm³/mol. The molecule has 2 aromatic carbocycles. The molecule has 4 atom stereocenters. The number of amides is 1. The summed E-state index contributed by atoms with van der Waals surface area (Å²) >= 11 is 0. The van der Waals surface area contributed by atoms with Crippen molar-refractivity contribution < 1.29 is 18.9 Å². The first-order valence-electron chi connectivity index (χ1n) is 14.2. The van der Waals surface area contributed by atoms with Gasteiger partial charge < -0.3 is 14.8 Å². The van der Waals surface area contributed by atoms with Gasteiger partial charge in [-0.3, -0.25) is 4.79 Å². The van der Waals surface area contributed by atoms with Crippen LogP contribution in [-0.2, 0) is 0 Å². The molecule has 202 valence electrons. The molecule has 3 aromatic rings. The van der Waals surface area contributed by atoms with E-state index in [-0.39, 0.29) is 29.2 Å². The number of carbonyl (C=O) groups excluding carboxylic acids is 1. The van der Waals surface area contributed by atoms with Gasteiger partial charge >= 0.3 is 0 Å². The fraction of sp³-hybridized carbons (Fsp3) is 0.438. The molecule has 0 radical (unpaired) electrons. The van der Waals surface area contributed by atoms with Gasteiger partial charge in [-0.1, -0.05) is 43.2 Å². The summed E-state index contributed by atoms with van der Waals surface area (Å²) in [4.78, 5) is 20.7. The normalized spacial score (nSPS) is 27.0. The van der Waals surface area contributed by atoms with E-state index >= 15 is 0 Å². The van der Waals surface area contributed by atoms with Crippen molar-refractivity contribution in [2.75, 3.05) is 26.2 Å². The maximum Gasteiger partial charge on any atom is 0.274 e. The first kappa shape index (κ1) is 25.8. The van der Waals surface area contributed by atoms with Crippen molar-refractivity contribution in [1.82, 2.24) is 14.5 Å². The lowest BCUT2D eigenvalue weighted by Crippen LogP contribution is -2.86. The molecule has 3 fully saturated rings. The van der Waals surface area contributed by atoms with Gasteiger partial charge in [0.25, 0.3) is 5.91 Å². The molecule has 2 heterocycles. The first-order chi connectivity index (χ1) is 19.0. The Kier molecular flexibility index (Phi) is 6.99. The average Bonchev–Trinajstić information content (AvgIpc) is 3.44. The van der Waals surface area contributed by atoms with Gasteiger partial charge in [0.05, 0.1) is 31.7 Å². The summed E-state index contributed by atoms with van der Waals surface area (Å²) in [5.74, 6) is 1.83. The Labute approximate surface area is 228 Å². The fourth-order valence-corrected chi connectivity index (χ4v) is 7.05. The third kappa shape index (κ3) is 4.87. The number of terminal acetylenes is 1. The molecule has 0 bridgehead atoms. The Balaban J connectivity index is 1.35. The topological polar surface area (TPSA) is 54.7 Å². The lowest BCUT2D eigenvalue weighted by molar-refractivity contribution is -0.655. The van der Waals surface area contributed by atoms with E-state index in [2.05, 4.69) is 15.8 Å². The summed E-state index contributed by atoms with van der Waals surface area (Å²) in [5, 5.41) is 2.16. The number of hydrogen-bond acceptors (Lipinski definition) is 2. The molecule has 7 heteroatoms. The minimum absolute atomic E-state index is 0.0829. The average molecular weight is 530 g/mol. The number of carbonyl (C=O) groups is 1. The zero-order valence-corrected chi connectivity index (χ0v) is 22.2. The van der Waals surface area contributed by atoms with E-state index in [1.807, 2.05) is 41.6 Å². The number of nitrogens with zero attached hydrogens (tertiary/aromatic N) is 3. The Bertz CT molecular complexity index is 1380. The van der Waals surface area contributed by atoms with Crippen LogP contribution in [0.2, 0.25) is 0 Å². The highest BCUT2D eigenvalue weighted by Gasteiger charge is 2.60.